The second-order valence-corrected chi connectivity index (χ2v) is 5.02. The Morgan fingerprint density at radius 1 is 1.11 bits per heavy atom. The van der Waals surface area contributed by atoms with Gasteiger partial charge in [-0.2, -0.15) is 0 Å². The second kappa shape index (κ2) is 6.29. The molecule has 0 saturated carbocycles. The molecule has 0 aliphatic heterocycles. The van der Waals surface area contributed by atoms with Crippen molar-refractivity contribution in [3.05, 3.63) is 63.6 Å². The van der Waals surface area contributed by atoms with Crippen LogP contribution >= 0.6 is 34.8 Å². The fraction of sp³-hybridized carbons (Fsp3) is 0.0714. The van der Waals surface area contributed by atoms with Crippen LogP contribution in [-0.2, 0) is 5.88 Å². The summed E-state index contributed by atoms with van der Waals surface area (Å²) in [5.74, 6) is 0.110. The number of anilines is 1. The number of halogens is 3. The first kappa shape index (κ1) is 14.2. The summed E-state index contributed by atoms with van der Waals surface area (Å²) in [6.07, 6.45) is 0. The Bertz CT molecular complexity index is 613. The van der Waals surface area contributed by atoms with Gasteiger partial charge in [0.1, 0.15) is 0 Å². The predicted molar refractivity (Wildman–Crippen MR) is 80.4 cm³/mol. The van der Waals surface area contributed by atoms with Gasteiger partial charge in [0, 0.05) is 16.6 Å². The SMILES string of the molecule is O=C(Nc1cccc(CCl)c1)c1ccc(Cl)cc1Cl. The molecule has 98 valence electrons. The van der Waals surface area contributed by atoms with Crippen molar-refractivity contribution in [2.45, 2.75) is 5.88 Å². The smallest absolute Gasteiger partial charge is 0.257 e. The normalized spacial score (nSPS) is 10.3. The molecule has 1 N–H and O–H groups in total. The monoisotopic (exact) mass is 313 g/mol. The first-order valence-electron chi connectivity index (χ1n) is 5.51. The van der Waals surface area contributed by atoms with Crippen LogP contribution < -0.4 is 5.32 Å². The van der Waals surface area contributed by atoms with Gasteiger partial charge in [0.2, 0.25) is 0 Å². The summed E-state index contributed by atoms with van der Waals surface area (Å²) >= 11 is 17.5. The van der Waals surface area contributed by atoms with Crippen LogP contribution in [0, 0.1) is 0 Å². The summed E-state index contributed by atoms with van der Waals surface area (Å²) in [6, 6.07) is 12.1. The van der Waals surface area contributed by atoms with Gasteiger partial charge in [0.15, 0.2) is 0 Å². The highest BCUT2D eigenvalue weighted by molar-refractivity contribution is 6.37. The molecule has 0 aliphatic rings. The van der Waals surface area contributed by atoms with Gasteiger partial charge in [-0.05, 0) is 35.9 Å². The van der Waals surface area contributed by atoms with E-state index in [4.69, 9.17) is 34.8 Å². The third-order valence-electron chi connectivity index (χ3n) is 2.51. The third-order valence-corrected chi connectivity index (χ3v) is 3.37. The lowest BCUT2D eigenvalue weighted by Crippen LogP contribution is -2.12. The van der Waals surface area contributed by atoms with Gasteiger partial charge in [-0.1, -0.05) is 35.3 Å². The number of carbonyl (C=O) groups is 1. The fourth-order valence-electron chi connectivity index (χ4n) is 1.60. The highest BCUT2D eigenvalue weighted by atomic mass is 35.5. The van der Waals surface area contributed by atoms with E-state index in [1.54, 1.807) is 18.2 Å². The first-order valence-corrected chi connectivity index (χ1v) is 6.80. The molecule has 0 radical (unpaired) electrons. The van der Waals surface area contributed by atoms with Gasteiger partial charge < -0.3 is 5.32 Å². The minimum Gasteiger partial charge on any atom is -0.322 e. The molecule has 0 bridgehead atoms. The van der Waals surface area contributed by atoms with Crippen molar-refractivity contribution >= 4 is 46.4 Å². The van der Waals surface area contributed by atoms with E-state index in [9.17, 15) is 4.79 Å². The number of carbonyl (C=O) groups excluding carboxylic acids is 1. The minimum absolute atomic E-state index is 0.284. The molecule has 0 aromatic heterocycles. The van der Waals surface area contributed by atoms with E-state index in [1.165, 1.54) is 6.07 Å². The van der Waals surface area contributed by atoms with Crippen LogP contribution in [0.15, 0.2) is 42.5 Å². The topological polar surface area (TPSA) is 29.1 Å². The molecule has 5 heteroatoms. The predicted octanol–water partition coefficient (Wildman–Crippen LogP) is 4.98. The molecule has 2 aromatic carbocycles. The highest BCUT2D eigenvalue weighted by Crippen LogP contribution is 2.22. The second-order valence-electron chi connectivity index (χ2n) is 3.91. The molecule has 2 rings (SSSR count). The molecule has 0 heterocycles. The number of hydrogen-bond acceptors (Lipinski definition) is 1. The van der Waals surface area contributed by atoms with Gasteiger partial charge in [0.25, 0.3) is 5.91 Å². The van der Waals surface area contributed by atoms with Crippen molar-refractivity contribution in [1.29, 1.82) is 0 Å². The summed E-state index contributed by atoms with van der Waals surface area (Å²) in [5, 5.41) is 3.58. The van der Waals surface area contributed by atoms with Crippen LogP contribution in [0.2, 0.25) is 10.0 Å². The van der Waals surface area contributed by atoms with Crippen molar-refractivity contribution in [3.63, 3.8) is 0 Å². The maximum absolute atomic E-state index is 12.1. The lowest BCUT2D eigenvalue weighted by Gasteiger charge is -2.08. The van der Waals surface area contributed by atoms with Gasteiger partial charge in [0.05, 0.1) is 10.6 Å². The number of rotatable bonds is 3. The Kier molecular flexibility index (Phi) is 4.70. The van der Waals surface area contributed by atoms with Crippen molar-refractivity contribution in [1.82, 2.24) is 0 Å². The lowest BCUT2D eigenvalue weighted by atomic mass is 10.2. The molecular formula is C14H10Cl3NO. The Morgan fingerprint density at radius 3 is 2.58 bits per heavy atom. The average molecular weight is 315 g/mol. The lowest BCUT2D eigenvalue weighted by molar-refractivity contribution is 0.102. The minimum atomic E-state index is -0.284. The Labute approximate surface area is 126 Å². The zero-order valence-corrected chi connectivity index (χ0v) is 12.1. The van der Waals surface area contributed by atoms with E-state index >= 15 is 0 Å². The molecule has 0 aliphatic carbocycles. The number of benzene rings is 2. The van der Waals surface area contributed by atoms with Crippen LogP contribution in [0.25, 0.3) is 0 Å². The maximum atomic E-state index is 12.1. The molecule has 0 unspecified atom stereocenters. The van der Waals surface area contributed by atoms with E-state index in [1.807, 2.05) is 18.2 Å². The van der Waals surface area contributed by atoms with Gasteiger partial charge >= 0.3 is 0 Å². The largest absolute Gasteiger partial charge is 0.322 e. The molecule has 2 nitrogen and oxygen atoms in total. The number of alkyl halides is 1. The van der Waals surface area contributed by atoms with Gasteiger partial charge in [-0.3, -0.25) is 4.79 Å². The molecule has 19 heavy (non-hydrogen) atoms. The van der Waals surface area contributed by atoms with Gasteiger partial charge in [-0.15, -0.1) is 11.6 Å². The summed E-state index contributed by atoms with van der Waals surface area (Å²) < 4.78 is 0. The van der Waals surface area contributed by atoms with Crippen LogP contribution in [0.5, 0.6) is 0 Å². The Morgan fingerprint density at radius 2 is 1.89 bits per heavy atom. The Hall–Kier alpha value is -1.22. The third kappa shape index (κ3) is 3.63. The first-order chi connectivity index (χ1) is 9.10. The molecule has 0 spiro atoms. The van der Waals surface area contributed by atoms with Crippen LogP contribution in [-0.4, -0.2) is 5.91 Å². The van der Waals surface area contributed by atoms with Crippen molar-refractivity contribution in [3.8, 4) is 0 Å². The highest BCUT2D eigenvalue weighted by Gasteiger charge is 2.11. The van der Waals surface area contributed by atoms with Crippen molar-refractivity contribution in [2.75, 3.05) is 5.32 Å². The van der Waals surface area contributed by atoms with E-state index in [-0.39, 0.29) is 5.91 Å². The van der Waals surface area contributed by atoms with Gasteiger partial charge in [-0.25, -0.2) is 0 Å². The summed E-state index contributed by atoms with van der Waals surface area (Å²) in [7, 11) is 0. The molecule has 0 fully saturated rings. The molecular weight excluding hydrogens is 305 g/mol. The quantitative estimate of drug-likeness (QED) is 0.795. The molecule has 0 saturated heterocycles. The van der Waals surface area contributed by atoms with Crippen molar-refractivity contribution in [2.24, 2.45) is 0 Å². The maximum Gasteiger partial charge on any atom is 0.257 e. The zero-order chi connectivity index (χ0) is 13.8. The zero-order valence-electron chi connectivity index (χ0n) is 9.79. The van der Waals surface area contributed by atoms with E-state index in [0.717, 1.165) is 5.56 Å². The summed E-state index contributed by atoms with van der Waals surface area (Å²) in [4.78, 5) is 12.1. The number of nitrogens with one attached hydrogen (secondary N) is 1. The number of amides is 1. The molecule has 2 aromatic rings. The molecule has 1 amide bonds. The average Bonchev–Trinajstić information content (AvgIpc) is 2.38. The summed E-state index contributed by atoms with van der Waals surface area (Å²) in [5.41, 5.74) is 1.98. The van der Waals surface area contributed by atoms with Crippen LogP contribution in [0.4, 0.5) is 5.69 Å². The standard InChI is InChI=1S/C14H10Cl3NO/c15-8-9-2-1-3-11(6-9)18-14(19)12-5-4-10(16)7-13(12)17/h1-7H,8H2,(H,18,19). The van der Waals surface area contributed by atoms with E-state index < -0.39 is 0 Å². The van der Waals surface area contributed by atoms with E-state index in [0.29, 0.717) is 27.2 Å². The number of hydrogen-bond donors (Lipinski definition) is 1. The fourth-order valence-corrected chi connectivity index (χ4v) is 2.26. The van der Waals surface area contributed by atoms with Crippen LogP contribution in [0.3, 0.4) is 0 Å². The molecule has 0 atom stereocenters. The van der Waals surface area contributed by atoms with E-state index in [2.05, 4.69) is 5.32 Å². The summed E-state index contributed by atoms with van der Waals surface area (Å²) in [6.45, 7) is 0. The Balaban J connectivity index is 2.20. The van der Waals surface area contributed by atoms with Crippen LogP contribution in [0.1, 0.15) is 15.9 Å². The van der Waals surface area contributed by atoms with Crippen molar-refractivity contribution < 1.29 is 4.79 Å².